The maximum Gasteiger partial charge on any atom is 0.137 e. The zero-order chi connectivity index (χ0) is 17.3. The van der Waals surface area contributed by atoms with Crippen LogP contribution in [0.3, 0.4) is 0 Å². The molecule has 26 heavy (non-hydrogen) atoms. The minimum Gasteiger partial charge on any atom is -0.372 e. The lowest BCUT2D eigenvalue weighted by Crippen LogP contribution is -2.50. The molecule has 5 heteroatoms. The molecule has 2 fully saturated rings. The Morgan fingerprint density at radius 1 is 1.08 bits per heavy atom. The second-order valence-electron chi connectivity index (χ2n) is 7.22. The number of aromatic nitrogens is 1. The van der Waals surface area contributed by atoms with Gasteiger partial charge in [-0.1, -0.05) is 30.3 Å². The first-order chi connectivity index (χ1) is 12.9. The van der Waals surface area contributed by atoms with Crippen molar-refractivity contribution in [2.45, 2.75) is 25.2 Å². The highest BCUT2D eigenvalue weighted by Crippen LogP contribution is 2.32. The Balaban J connectivity index is 1.25. The highest BCUT2D eigenvalue weighted by molar-refractivity contribution is 7.17. The van der Waals surface area contributed by atoms with Crippen LogP contribution in [0, 0.1) is 0 Å². The number of benzene rings is 1. The highest BCUT2D eigenvalue weighted by Gasteiger charge is 2.37. The van der Waals surface area contributed by atoms with E-state index in [0.29, 0.717) is 18.8 Å². The molecule has 1 unspecified atom stereocenters. The summed E-state index contributed by atoms with van der Waals surface area (Å²) in [6, 6.07) is 15.4. The minimum absolute atomic E-state index is 0.338. The predicted molar refractivity (Wildman–Crippen MR) is 107 cm³/mol. The fraction of sp³-hybridized carbons (Fsp3) is 0.381. The summed E-state index contributed by atoms with van der Waals surface area (Å²) < 4.78 is 7.53. The van der Waals surface area contributed by atoms with Gasteiger partial charge in [-0.2, -0.15) is 0 Å². The molecule has 0 radical (unpaired) electrons. The summed E-state index contributed by atoms with van der Waals surface area (Å²) in [5.41, 5.74) is 1.26. The third-order valence-electron chi connectivity index (χ3n) is 5.56. The van der Waals surface area contributed by atoms with Crippen molar-refractivity contribution in [2.24, 2.45) is 0 Å². The molecule has 134 valence electrons. The maximum absolute atomic E-state index is 6.21. The van der Waals surface area contributed by atoms with Crippen molar-refractivity contribution in [3.63, 3.8) is 0 Å². The lowest BCUT2D eigenvalue weighted by molar-refractivity contribution is 0.0469. The zero-order valence-corrected chi connectivity index (χ0v) is 15.6. The molecule has 2 aromatic heterocycles. The van der Waals surface area contributed by atoms with Crippen LogP contribution in [0.4, 0.5) is 5.82 Å². The van der Waals surface area contributed by atoms with E-state index in [2.05, 4.69) is 57.6 Å². The van der Waals surface area contributed by atoms with Crippen LogP contribution in [0.2, 0.25) is 0 Å². The van der Waals surface area contributed by atoms with Crippen LogP contribution in [-0.4, -0.2) is 48.2 Å². The molecular weight excluding hydrogens is 342 g/mol. The van der Waals surface area contributed by atoms with Gasteiger partial charge in [0.15, 0.2) is 0 Å². The van der Waals surface area contributed by atoms with Crippen molar-refractivity contribution < 1.29 is 4.74 Å². The molecule has 4 heterocycles. The number of anilines is 1. The second-order valence-corrected chi connectivity index (χ2v) is 8.16. The third-order valence-corrected chi connectivity index (χ3v) is 6.45. The van der Waals surface area contributed by atoms with Gasteiger partial charge >= 0.3 is 0 Å². The van der Waals surface area contributed by atoms with Crippen molar-refractivity contribution >= 4 is 27.2 Å². The van der Waals surface area contributed by atoms with E-state index >= 15 is 0 Å². The Morgan fingerprint density at radius 2 is 2.00 bits per heavy atom. The average Bonchev–Trinajstić information content (AvgIpc) is 3.32. The van der Waals surface area contributed by atoms with Crippen LogP contribution in [0.25, 0.3) is 10.1 Å². The Labute approximate surface area is 158 Å². The monoisotopic (exact) mass is 365 g/mol. The summed E-state index contributed by atoms with van der Waals surface area (Å²) in [5.74, 6) is 1.15. The van der Waals surface area contributed by atoms with Gasteiger partial charge in [0.2, 0.25) is 0 Å². The van der Waals surface area contributed by atoms with Crippen LogP contribution in [-0.2, 0) is 11.3 Å². The summed E-state index contributed by atoms with van der Waals surface area (Å²) in [7, 11) is 0. The van der Waals surface area contributed by atoms with E-state index < -0.39 is 0 Å². The standard InChI is InChI=1S/C21H23N3OS/c1-2-4-16(5-3-1)15-25-18-12-17-13-24(10-9-23(17)14-18)21-19-7-11-26-20(19)6-8-22-21/h1-8,11,17-18H,9-10,12-15H2/t17?,18-/m1/s1. The fourth-order valence-electron chi connectivity index (χ4n) is 4.23. The Hall–Kier alpha value is -1.95. The topological polar surface area (TPSA) is 28.6 Å². The van der Waals surface area contributed by atoms with Crippen molar-refractivity contribution in [2.75, 3.05) is 31.1 Å². The normalized spacial score (nSPS) is 23.5. The number of fused-ring (bicyclic) bond motifs is 2. The van der Waals surface area contributed by atoms with Crippen LogP contribution in [0.15, 0.2) is 54.0 Å². The van der Waals surface area contributed by atoms with Gasteiger partial charge in [-0.25, -0.2) is 4.98 Å². The Kier molecular flexibility index (Phi) is 4.36. The molecule has 3 aromatic rings. The molecule has 2 aliphatic rings. The molecule has 2 atom stereocenters. The zero-order valence-electron chi connectivity index (χ0n) is 14.8. The van der Waals surface area contributed by atoms with Crippen molar-refractivity contribution in [1.82, 2.24) is 9.88 Å². The highest BCUT2D eigenvalue weighted by atomic mass is 32.1. The molecule has 4 nitrogen and oxygen atoms in total. The van der Waals surface area contributed by atoms with Crippen molar-refractivity contribution in [3.8, 4) is 0 Å². The molecule has 5 rings (SSSR count). The molecule has 0 amide bonds. The van der Waals surface area contributed by atoms with Gasteiger partial charge in [-0.15, -0.1) is 11.3 Å². The average molecular weight is 366 g/mol. The molecule has 2 aliphatic heterocycles. The van der Waals surface area contributed by atoms with Gasteiger partial charge in [0.05, 0.1) is 12.7 Å². The molecule has 2 saturated heterocycles. The number of rotatable bonds is 4. The first kappa shape index (κ1) is 16.2. The molecule has 1 aromatic carbocycles. The molecule has 0 saturated carbocycles. The van der Waals surface area contributed by atoms with E-state index in [1.807, 2.05) is 6.20 Å². The molecule has 0 aliphatic carbocycles. The molecule has 0 N–H and O–H groups in total. The lowest BCUT2D eigenvalue weighted by Gasteiger charge is -2.38. The van der Waals surface area contributed by atoms with Crippen LogP contribution in [0.1, 0.15) is 12.0 Å². The summed E-state index contributed by atoms with van der Waals surface area (Å²) in [6.07, 6.45) is 3.40. The van der Waals surface area contributed by atoms with E-state index in [9.17, 15) is 0 Å². The van der Waals surface area contributed by atoms with Crippen molar-refractivity contribution in [1.29, 1.82) is 0 Å². The first-order valence-corrected chi connectivity index (χ1v) is 10.2. The number of piperazine rings is 1. The van der Waals surface area contributed by atoms with Crippen LogP contribution >= 0.6 is 11.3 Å². The summed E-state index contributed by atoms with van der Waals surface area (Å²) in [5, 5.41) is 3.45. The molecule has 0 spiro atoms. The summed E-state index contributed by atoms with van der Waals surface area (Å²) >= 11 is 1.79. The SMILES string of the molecule is c1ccc(CO[C@@H]2CC3CN(c4nccc5sccc45)CCN3C2)cc1. The summed E-state index contributed by atoms with van der Waals surface area (Å²) in [4.78, 5) is 9.76. The lowest BCUT2D eigenvalue weighted by atomic mass is 10.1. The third kappa shape index (κ3) is 3.11. The Bertz CT molecular complexity index is 881. The maximum atomic E-state index is 6.21. The van der Waals surface area contributed by atoms with Crippen molar-refractivity contribution in [3.05, 3.63) is 59.6 Å². The fourth-order valence-corrected chi connectivity index (χ4v) is 5.01. The number of pyridine rings is 1. The summed E-state index contributed by atoms with van der Waals surface area (Å²) in [6.45, 7) is 4.96. The van der Waals surface area contributed by atoms with Crippen LogP contribution in [0.5, 0.6) is 0 Å². The minimum atomic E-state index is 0.338. The van der Waals surface area contributed by atoms with E-state index in [1.165, 1.54) is 15.6 Å². The number of hydrogen-bond acceptors (Lipinski definition) is 5. The van der Waals surface area contributed by atoms with E-state index in [4.69, 9.17) is 9.72 Å². The van der Waals surface area contributed by atoms with E-state index in [1.54, 1.807) is 11.3 Å². The van der Waals surface area contributed by atoms with Gasteiger partial charge in [0.1, 0.15) is 5.82 Å². The Morgan fingerprint density at radius 3 is 2.92 bits per heavy atom. The number of nitrogens with zero attached hydrogens (tertiary/aromatic N) is 3. The van der Waals surface area contributed by atoms with Gasteiger partial charge < -0.3 is 9.64 Å². The first-order valence-electron chi connectivity index (χ1n) is 9.33. The van der Waals surface area contributed by atoms with Gasteiger partial charge in [0.25, 0.3) is 0 Å². The van der Waals surface area contributed by atoms with E-state index in [-0.39, 0.29) is 0 Å². The second kappa shape index (κ2) is 6.99. The number of thiophene rings is 1. The van der Waals surface area contributed by atoms with E-state index in [0.717, 1.165) is 38.4 Å². The number of hydrogen-bond donors (Lipinski definition) is 0. The smallest absolute Gasteiger partial charge is 0.137 e. The quantitative estimate of drug-likeness (QED) is 0.704. The van der Waals surface area contributed by atoms with Crippen LogP contribution < -0.4 is 4.90 Å². The van der Waals surface area contributed by atoms with Gasteiger partial charge in [-0.3, -0.25) is 4.90 Å². The predicted octanol–water partition coefficient (Wildman–Crippen LogP) is 3.78. The molecular formula is C21H23N3OS. The van der Waals surface area contributed by atoms with Gasteiger partial charge in [-0.05, 0) is 29.5 Å². The largest absolute Gasteiger partial charge is 0.372 e. The number of ether oxygens (including phenoxy) is 1. The molecule has 0 bridgehead atoms. The van der Waals surface area contributed by atoms with Gasteiger partial charge in [0, 0.05) is 48.5 Å².